The van der Waals surface area contributed by atoms with Crippen molar-refractivity contribution in [2.45, 2.75) is 39.2 Å². The number of likely N-dealkylation sites (tertiary alicyclic amines) is 1. The molecule has 1 heterocycles. The predicted octanol–water partition coefficient (Wildman–Crippen LogP) is 2.11. The van der Waals surface area contributed by atoms with Gasteiger partial charge in [0.25, 0.3) is 0 Å². The Labute approximate surface area is 156 Å². The van der Waals surface area contributed by atoms with Crippen molar-refractivity contribution < 1.29 is 14.3 Å². The summed E-state index contributed by atoms with van der Waals surface area (Å²) in [5.74, 6) is 1.14. The summed E-state index contributed by atoms with van der Waals surface area (Å²) in [6.07, 6.45) is 2.42. The first kappa shape index (κ1) is 20.2. The van der Waals surface area contributed by atoms with E-state index in [1.54, 1.807) is 0 Å². The van der Waals surface area contributed by atoms with Crippen molar-refractivity contribution in [2.75, 3.05) is 33.3 Å². The average Bonchev–Trinajstić information content (AvgIpc) is 2.62. The molecular weight excluding hydrogens is 330 g/mol. The molecule has 6 heteroatoms. The SMILES string of the molecule is CCOc1ccccc1C(CC(=O)N1CCCC(CNC)C1)NC(C)=O. The van der Waals surface area contributed by atoms with Gasteiger partial charge >= 0.3 is 0 Å². The maximum absolute atomic E-state index is 12.9. The Hall–Kier alpha value is -2.08. The molecule has 1 aromatic rings. The first-order chi connectivity index (χ1) is 12.5. The van der Waals surface area contributed by atoms with Gasteiger partial charge in [-0.15, -0.1) is 0 Å². The zero-order valence-electron chi connectivity index (χ0n) is 16.1. The van der Waals surface area contributed by atoms with E-state index in [1.807, 2.05) is 43.1 Å². The van der Waals surface area contributed by atoms with Gasteiger partial charge in [0.1, 0.15) is 5.75 Å². The highest BCUT2D eigenvalue weighted by Gasteiger charge is 2.27. The Morgan fingerprint density at radius 3 is 2.81 bits per heavy atom. The van der Waals surface area contributed by atoms with Gasteiger partial charge in [0.15, 0.2) is 0 Å². The zero-order valence-corrected chi connectivity index (χ0v) is 16.1. The lowest BCUT2D eigenvalue weighted by Gasteiger charge is -2.34. The summed E-state index contributed by atoms with van der Waals surface area (Å²) in [5, 5.41) is 6.12. The first-order valence-corrected chi connectivity index (χ1v) is 9.46. The van der Waals surface area contributed by atoms with Crippen LogP contribution in [-0.4, -0.2) is 50.0 Å². The molecule has 0 bridgehead atoms. The van der Waals surface area contributed by atoms with Gasteiger partial charge in [-0.3, -0.25) is 9.59 Å². The van der Waals surface area contributed by atoms with E-state index in [9.17, 15) is 9.59 Å². The third-order valence-electron chi connectivity index (χ3n) is 4.72. The molecule has 2 amide bonds. The quantitative estimate of drug-likeness (QED) is 0.744. The van der Waals surface area contributed by atoms with Gasteiger partial charge < -0.3 is 20.3 Å². The molecule has 0 spiro atoms. The van der Waals surface area contributed by atoms with E-state index in [1.165, 1.54) is 6.92 Å². The van der Waals surface area contributed by atoms with Crippen molar-refractivity contribution >= 4 is 11.8 Å². The van der Waals surface area contributed by atoms with E-state index in [4.69, 9.17) is 4.74 Å². The lowest BCUT2D eigenvalue weighted by molar-refractivity contribution is -0.133. The van der Waals surface area contributed by atoms with Crippen LogP contribution in [0.3, 0.4) is 0 Å². The van der Waals surface area contributed by atoms with Gasteiger partial charge in [0.05, 0.1) is 19.1 Å². The highest BCUT2D eigenvalue weighted by molar-refractivity contribution is 5.79. The minimum absolute atomic E-state index is 0.0795. The summed E-state index contributed by atoms with van der Waals surface area (Å²) >= 11 is 0. The number of hydrogen-bond donors (Lipinski definition) is 2. The molecule has 1 aromatic carbocycles. The Morgan fingerprint density at radius 1 is 1.35 bits per heavy atom. The van der Waals surface area contributed by atoms with E-state index in [0.29, 0.717) is 18.3 Å². The van der Waals surface area contributed by atoms with E-state index in [2.05, 4.69) is 10.6 Å². The third kappa shape index (κ3) is 5.73. The summed E-state index contributed by atoms with van der Waals surface area (Å²) < 4.78 is 5.69. The summed E-state index contributed by atoms with van der Waals surface area (Å²) in [6.45, 7) is 6.43. The number of rotatable bonds is 8. The molecule has 1 saturated heterocycles. The highest BCUT2D eigenvalue weighted by atomic mass is 16.5. The second-order valence-electron chi connectivity index (χ2n) is 6.83. The van der Waals surface area contributed by atoms with Crippen LogP contribution in [-0.2, 0) is 9.59 Å². The average molecular weight is 361 g/mol. The molecular formula is C20H31N3O3. The molecule has 1 fully saturated rings. The molecule has 26 heavy (non-hydrogen) atoms. The fraction of sp³-hybridized carbons (Fsp3) is 0.600. The number of nitrogens with zero attached hydrogens (tertiary/aromatic N) is 1. The monoisotopic (exact) mass is 361 g/mol. The van der Waals surface area contributed by atoms with Crippen molar-refractivity contribution in [1.29, 1.82) is 0 Å². The van der Waals surface area contributed by atoms with Crippen molar-refractivity contribution in [2.24, 2.45) is 5.92 Å². The molecule has 2 atom stereocenters. The van der Waals surface area contributed by atoms with Gasteiger partial charge in [-0.1, -0.05) is 18.2 Å². The second-order valence-corrected chi connectivity index (χ2v) is 6.83. The number of benzene rings is 1. The van der Waals surface area contributed by atoms with Crippen LogP contribution < -0.4 is 15.4 Å². The van der Waals surface area contributed by atoms with Gasteiger partial charge in [-0.05, 0) is 45.3 Å². The van der Waals surface area contributed by atoms with E-state index >= 15 is 0 Å². The molecule has 0 radical (unpaired) electrons. The van der Waals surface area contributed by atoms with Gasteiger partial charge in [-0.2, -0.15) is 0 Å². The Balaban J connectivity index is 2.12. The van der Waals surface area contributed by atoms with Crippen LogP contribution >= 0.6 is 0 Å². The first-order valence-electron chi connectivity index (χ1n) is 9.46. The lowest BCUT2D eigenvalue weighted by atomic mass is 9.96. The van der Waals surface area contributed by atoms with Crippen LogP contribution in [0.4, 0.5) is 0 Å². The van der Waals surface area contributed by atoms with Gasteiger partial charge in [0, 0.05) is 25.6 Å². The van der Waals surface area contributed by atoms with Crippen LogP contribution in [0.25, 0.3) is 0 Å². The summed E-state index contributed by atoms with van der Waals surface area (Å²) in [6, 6.07) is 7.21. The maximum Gasteiger partial charge on any atom is 0.225 e. The summed E-state index contributed by atoms with van der Waals surface area (Å²) in [5.41, 5.74) is 0.849. The molecule has 0 aliphatic carbocycles. The molecule has 2 N–H and O–H groups in total. The molecule has 0 saturated carbocycles. The summed E-state index contributed by atoms with van der Waals surface area (Å²) in [7, 11) is 1.94. The number of carbonyl (C=O) groups is 2. The fourth-order valence-corrected chi connectivity index (χ4v) is 3.59. The zero-order chi connectivity index (χ0) is 18.9. The molecule has 0 aromatic heterocycles. The van der Waals surface area contributed by atoms with E-state index in [-0.39, 0.29) is 24.3 Å². The fourth-order valence-electron chi connectivity index (χ4n) is 3.59. The minimum Gasteiger partial charge on any atom is -0.494 e. The van der Waals surface area contributed by atoms with Crippen molar-refractivity contribution in [3.8, 4) is 5.75 Å². The Bertz CT molecular complexity index is 604. The number of piperidine rings is 1. The molecule has 6 nitrogen and oxygen atoms in total. The van der Waals surface area contributed by atoms with Gasteiger partial charge in [0.2, 0.25) is 11.8 Å². The second kappa shape index (κ2) is 10.2. The number of amides is 2. The normalized spacial score (nSPS) is 18.3. The highest BCUT2D eigenvalue weighted by Crippen LogP contribution is 2.28. The number of hydrogen-bond acceptors (Lipinski definition) is 4. The van der Waals surface area contributed by atoms with Crippen LogP contribution in [0.15, 0.2) is 24.3 Å². The van der Waals surface area contributed by atoms with E-state index < -0.39 is 0 Å². The molecule has 144 valence electrons. The van der Waals surface area contributed by atoms with Crippen LogP contribution in [0.5, 0.6) is 5.75 Å². The summed E-state index contributed by atoms with van der Waals surface area (Å²) in [4.78, 5) is 26.5. The smallest absolute Gasteiger partial charge is 0.225 e. The lowest BCUT2D eigenvalue weighted by Crippen LogP contribution is -2.43. The van der Waals surface area contributed by atoms with Gasteiger partial charge in [-0.25, -0.2) is 0 Å². The standard InChI is InChI=1S/C20H31N3O3/c1-4-26-19-10-6-5-9-17(19)18(22-15(2)24)12-20(25)23-11-7-8-16(14-23)13-21-3/h5-6,9-10,16,18,21H,4,7-8,11-14H2,1-3H3,(H,22,24). The largest absolute Gasteiger partial charge is 0.494 e. The molecule has 2 unspecified atom stereocenters. The molecule has 1 aliphatic heterocycles. The third-order valence-corrected chi connectivity index (χ3v) is 4.72. The number of ether oxygens (including phenoxy) is 1. The number of para-hydroxylation sites is 1. The molecule has 1 aliphatic rings. The van der Waals surface area contributed by atoms with Crippen molar-refractivity contribution in [1.82, 2.24) is 15.5 Å². The topological polar surface area (TPSA) is 70.7 Å². The van der Waals surface area contributed by atoms with Crippen LogP contribution in [0.2, 0.25) is 0 Å². The van der Waals surface area contributed by atoms with Crippen molar-refractivity contribution in [3.63, 3.8) is 0 Å². The van der Waals surface area contributed by atoms with Crippen LogP contribution in [0.1, 0.15) is 44.7 Å². The van der Waals surface area contributed by atoms with E-state index in [0.717, 1.165) is 38.0 Å². The minimum atomic E-state index is -0.382. The number of carbonyl (C=O) groups excluding carboxylic acids is 2. The van der Waals surface area contributed by atoms with Crippen LogP contribution in [0, 0.1) is 5.92 Å². The molecule has 2 rings (SSSR count). The van der Waals surface area contributed by atoms with Crippen molar-refractivity contribution in [3.05, 3.63) is 29.8 Å². The predicted molar refractivity (Wildman–Crippen MR) is 102 cm³/mol. The number of nitrogens with one attached hydrogen (secondary N) is 2. The maximum atomic E-state index is 12.9. The Kier molecular flexibility index (Phi) is 7.91. The Morgan fingerprint density at radius 2 is 2.12 bits per heavy atom.